The molecule has 1 aromatic rings. The fourth-order valence-corrected chi connectivity index (χ4v) is 3.90. The van der Waals surface area contributed by atoms with Crippen molar-refractivity contribution in [1.29, 1.82) is 0 Å². The summed E-state index contributed by atoms with van der Waals surface area (Å²) in [6, 6.07) is 7.93. The summed E-state index contributed by atoms with van der Waals surface area (Å²) in [6.45, 7) is 6.41. The number of piperazine rings is 1. The highest BCUT2D eigenvalue weighted by molar-refractivity contribution is 7.98. The van der Waals surface area contributed by atoms with Crippen LogP contribution in [-0.4, -0.2) is 68.8 Å². The van der Waals surface area contributed by atoms with Crippen molar-refractivity contribution >= 4 is 29.3 Å². The Bertz CT molecular complexity index is 616. The fraction of sp³-hybridized carbons (Fsp3) is 0.579. The molecule has 0 aromatic heterocycles. The van der Waals surface area contributed by atoms with E-state index in [2.05, 4.69) is 15.5 Å². The molecule has 0 saturated carbocycles. The van der Waals surface area contributed by atoms with Gasteiger partial charge in [0.05, 0.1) is 5.92 Å². The van der Waals surface area contributed by atoms with E-state index in [1.54, 1.807) is 16.7 Å². The molecule has 2 fully saturated rings. The number of carbonyl (C=O) groups excluding carboxylic acids is 2. The molecule has 0 aliphatic carbocycles. The monoisotopic (exact) mass is 376 g/mol. The molecule has 6 nitrogen and oxygen atoms in total. The van der Waals surface area contributed by atoms with Gasteiger partial charge >= 0.3 is 0 Å². The molecule has 0 spiro atoms. The molecule has 1 unspecified atom stereocenters. The number of nitrogens with one attached hydrogen (secondary N) is 2. The quantitative estimate of drug-likeness (QED) is 0.553. The zero-order valence-electron chi connectivity index (χ0n) is 15.4. The molecular weight excluding hydrogens is 348 g/mol. The summed E-state index contributed by atoms with van der Waals surface area (Å²) in [5.74, 6) is -0.216. The van der Waals surface area contributed by atoms with Crippen molar-refractivity contribution in [3.63, 3.8) is 0 Å². The van der Waals surface area contributed by atoms with Crippen LogP contribution in [0.4, 0.5) is 5.69 Å². The van der Waals surface area contributed by atoms with Crippen LogP contribution in [-0.2, 0) is 9.59 Å². The minimum Gasteiger partial charge on any atom is -0.356 e. The average Bonchev–Trinajstić information content (AvgIpc) is 3.08. The standard InChI is InChI=1S/C19H28N4O2S/c1-26-17-5-3-16(4-6-17)23-14-15(13-18(23)24)19(25)21-7-2-10-22-11-8-20-9-12-22/h3-6,15,20H,2,7-14H2,1H3,(H,21,25). The molecule has 0 bridgehead atoms. The molecule has 26 heavy (non-hydrogen) atoms. The molecule has 2 N–H and O–H groups in total. The molecular formula is C19H28N4O2S. The molecule has 7 heteroatoms. The maximum absolute atomic E-state index is 12.4. The van der Waals surface area contributed by atoms with Crippen LogP contribution < -0.4 is 15.5 Å². The molecule has 142 valence electrons. The van der Waals surface area contributed by atoms with E-state index in [1.807, 2.05) is 30.5 Å². The minimum atomic E-state index is -0.248. The number of anilines is 1. The summed E-state index contributed by atoms with van der Waals surface area (Å²) < 4.78 is 0. The number of hydrogen-bond donors (Lipinski definition) is 2. The van der Waals surface area contributed by atoms with E-state index in [0.717, 1.165) is 44.8 Å². The second-order valence-corrected chi connectivity index (χ2v) is 7.72. The lowest BCUT2D eigenvalue weighted by atomic mass is 10.1. The van der Waals surface area contributed by atoms with Crippen LogP contribution in [0.3, 0.4) is 0 Å². The Morgan fingerprint density at radius 2 is 2.00 bits per heavy atom. The average molecular weight is 377 g/mol. The van der Waals surface area contributed by atoms with Gasteiger partial charge in [-0.15, -0.1) is 11.8 Å². The fourth-order valence-electron chi connectivity index (χ4n) is 3.49. The van der Waals surface area contributed by atoms with Gasteiger partial charge in [-0.1, -0.05) is 0 Å². The first kappa shape index (κ1) is 19.2. The number of thioether (sulfide) groups is 1. The van der Waals surface area contributed by atoms with Crippen molar-refractivity contribution in [2.45, 2.75) is 17.7 Å². The van der Waals surface area contributed by atoms with E-state index < -0.39 is 0 Å². The lowest BCUT2D eigenvalue weighted by Crippen LogP contribution is -2.44. The van der Waals surface area contributed by atoms with Crippen LogP contribution in [0.15, 0.2) is 29.2 Å². The van der Waals surface area contributed by atoms with Crippen LogP contribution in [0.25, 0.3) is 0 Å². The highest BCUT2D eigenvalue weighted by Crippen LogP contribution is 2.27. The van der Waals surface area contributed by atoms with Gasteiger partial charge in [0.15, 0.2) is 0 Å². The second kappa shape index (κ2) is 9.39. The van der Waals surface area contributed by atoms with E-state index in [1.165, 1.54) is 4.90 Å². The largest absolute Gasteiger partial charge is 0.356 e. The maximum Gasteiger partial charge on any atom is 0.227 e. The number of rotatable bonds is 7. The minimum absolute atomic E-state index is 0.00175. The summed E-state index contributed by atoms with van der Waals surface area (Å²) in [4.78, 5) is 30.0. The van der Waals surface area contributed by atoms with Gasteiger partial charge in [-0.2, -0.15) is 0 Å². The molecule has 2 saturated heterocycles. The number of nitrogens with zero attached hydrogens (tertiary/aromatic N) is 2. The second-order valence-electron chi connectivity index (χ2n) is 6.84. The topological polar surface area (TPSA) is 64.7 Å². The first-order valence-corrected chi connectivity index (χ1v) is 10.5. The van der Waals surface area contributed by atoms with Crippen LogP contribution in [0.5, 0.6) is 0 Å². The predicted octanol–water partition coefficient (Wildman–Crippen LogP) is 1.17. The number of carbonyl (C=O) groups is 2. The SMILES string of the molecule is CSc1ccc(N2CC(C(=O)NCCCN3CCNCC3)CC2=O)cc1. The van der Waals surface area contributed by atoms with Gasteiger partial charge < -0.3 is 20.4 Å². The molecule has 1 aromatic carbocycles. The molecule has 2 aliphatic heterocycles. The molecule has 1 atom stereocenters. The summed E-state index contributed by atoms with van der Waals surface area (Å²) in [5, 5.41) is 6.35. The zero-order chi connectivity index (χ0) is 18.4. The van der Waals surface area contributed by atoms with Crippen molar-refractivity contribution < 1.29 is 9.59 Å². The smallest absolute Gasteiger partial charge is 0.227 e. The normalized spacial score (nSPS) is 21.2. The van der Waals surface area contributed by atoms with E-state index >= 15 is 0 Å². The number of amides is 2. The number of hydrogen-bond acceptors (Lipinski definition) is 5. The zero-order valence-corrected chi connectivity index (χ0v) is 16.2. The van der Waals surface area contributed by atoms with E-state index in [-0.39, 0.29) is 17.7 Å². The van der Waals surface area contributed by atoms with Crippen LogP contribution >= 0.6 is 11.8 Å². The van der Waals surface area contributed by atoms with Gasteiger partial charge in [0.2, 0.25) is 11.8 Å². The summed E-state index contributed by atoms with van der Waals surface area (Å²) >= 11 is 1.67. The summed E-state index contributed by atoms with van der Waals surface area (Å²) in [5.41, 5.74) is 0.877. The highest BCUT2D eigenvalue weighted by atomic mass is 32.2. The third-order valence-electron chi connectivity index (χ3n) is 5.04. The molecule has 0 radical (unpaired) electrons. The summed E-state index contributed by atoms with van der Waals surface area (Å²) in [7, 11) is 0. The Labute approximate surface area is 159 Å². The van der Waals surface area contributed by atoms with E-state index in [9.17, 15) is 9.59 Å². The highest BCUT2D eigenvalue weighted by Gasteiger charge is 2.34. The predicted molar refractivity (Wildman–Crippen MR) is 106 cm³/mol. The van der Waals surface area contributed by atoms with Gasteiger partial charge in [0.1, 0.15) is 0 Å². The van der Waals surface area contributed by atoms with Crippen LogP contribution in [0, 0.1) is 5.92 Å². The maximum atomic E-state index is 12.4. The van der Waals surface area contributed by atoms with Gasteiger partial charge in [-0.3, -0.25) is 9.59 Å². The third-order valence-corrected chi connectivity index (χ3v) is 5.78. The van der Waals surface area contributed by atoms with Gasteiger partial charge in [0, 0.05) is 56.3 Å². The van der Waals surface area contributed by atoms with Crippen molar-refractivity contribution in [3.8, 4) is 0 Å². The Kier molecular flexibility index (Phi) is 6.93. The Morgan fingerprint density at radius 1 is 1.27 bits per heavy atom. The van der Waals surface area contributed by atoms with E-state index in [0.29, 0.717) is 19.5 Å². The van der Waals surface area contributed by atoms with Crippen LogP contribution in [0.2, 0.25) is 0 Å². The van der Waals surface area contributed by atoms with Crippen molar-refractivity contribution in [1.82, 2.24) is 15.5 Å². The van der Waals surface area contributed by atoms with Crippen LogP contribution in [0.1, 0.15) is 12.8 Å². The molecule has 2 aliphatic rings. The Hall–Kier alpha value is -1.57. The van der Waals surface area contributed by atoms with Crippen molar-refractivity contribution in [3.05, 3.63) is 24.3 Å². The van der Waals surface area contributed by atoms with Gasteiger partial charge in [0.25, 0.3) is 0 Å². The lowest BCUT2D eigenvalue weighted by Gasteiger charge is -2.27. The van der Waals surface area contributed by atoms with E-state index in [4.69, 9.17) is 0 Å². The molecule has 2 heterocycles. The van der Waals surface area contributed by atoms with Gasteiger partial charge in [-0.25, -0.2) is 0 Å². The lowest BCUT2D eigenvalue weighted by molar-refractivity contribution is -0.126. The first-order valence-electron chi connectivity index (χ1n) is 9.32. The Balaban J connectivity index is 1.42. The molecule has 2 amide bonds. The van der Waals surface area contributed by atoms with Crippen molar-refractivity contribution in [2.75, 3.05) is 57.0 Å². The van der Waals surface area contributed by atoms with Crippen molar-refractivity contribution in [2.24, 2.45) is 5.92 Å². The summed E-state index contributed by atoms with van der Waals surface area (Å²) in [6.07, 6.45) is 3.28. The number of benzene rings is 1. The molecule has 3 rings (SSSR count). The Morgan fingerprint density at radius 3 is 2.69 bits per heavy atom. The first-order chi connectivity index (χ1) is 12.7. The van der Waals surface area contributed by atoms with Gasteiger partial charge in [-0.05, 0) is 43.5 Å². The third kappa shape index (κ3) is 4.99.